The lowest BCUT2D eigenvalue weighted by atomic mass is 10.0. The van der Waals surface area contributed by atoms with Crippen LogP contribution in [0.5, 0.6) is 0 Å². The Morgan fingerprint density at radius 3 is 3.00 bits per heavy atom. The fourth-order valence-electron chi connectivity index (χ4n) is 2.40. The van der Waals surface area contributed by atoms with Crippen LogP contribution >= 0.6 is 15.9 Å². The highest BCUT2D eigenvalue weighted by atomic mass is 79.9. The molecule has 6 heteroatoms. The van der Waals surface area contributed by atoms with E-state index in [9.17, 15) is 10.1 Å². The Kier molecular flexibility index (Phi) is 5.94. The predicted molar refractivity (Wildman–Crippen MR) is 80.7 cm³/mol. The molecular formula is C14H19BrN2O3. The molecule has 0 aliphatic carbocycles. The van der Waals surface area contributed by atoms with Crippen molar-refractivity contribution in [3.8, 4) is 0 Å². The maximum Gasteiger partial charge on any atom is 0.283 e. The van der Waals surface area contributed by atoms with Crippen LogP contribution in [0.25, 0.3) is 0 Å². The van der Waals surface area contributed by atoms with Crippen LogP contribution in [0.15, 0.2) is 22.7 Å². The molecule has 1 fully saturated rings. The highest BCUT2D eigenvalue weighted by Gasteiger charge is 2.15. The SMILES string of the molecule is O=[N+]([O-])c1cccc(COCCC2CCCCN2)c1Br. The van der Waals surface area contributed by atoms with E-state index in [1.807, 2.05) is 6.07 Å². The van der Waals surface area contributed by atoms with Gasteiger partial charge in [0.2, 0.25) is 0 Å². The number of nitro benzene ring substituents is 1. The Labute approximate surface area is 127 Å². The van der Waals surface area contributed by atoms with Gasteiger partial charge in [0.1, 0.15) is 4.47 Å². The van der Waals surface area contributed by atoms with E-state index in [4.69, 9.17) is 4.74 Å². The molecule has 0 bridgehead atoms. The summed E-state index contributed by atoms with van der Waals surface area (Å²) in [7, 11) is 0. The number of hydrogen-bond acceptors (Lipinski definition) is 4. The Balaban J connectivity index is 1.79. The van der Waals surface area contributed by atoms with Gasteiger partial charge in [-0.1, -0.05) is 18.6 Å². The van der Waals surface area contributed by atoms with Gasteiger partial charge in [0, 0.05) is 18.7 Å². The Morgan fingerprint density at radius 1 is 1.45 bits per heavy atom. The van der Waals surface area contributed by atoms with Gasteiger partial charge in [0.05, 0.1) is 11.5 Å². The highest BCUT2D eigenvalue weighted by molar-refractivity contribution is 9.10. The Hall–Kier alpha value is -0.980. The van der Waals surface area contributed by atoms with Gasteiger partial charge in [0.25, 0.3) is 5.69 Å². The summed E-state index contributed by atoms with van der Waals surface area (Å²) >= 11 is 3.28. The predicted octanol–water partition coefficient (Wildman–Crippen LogP) is 3.41. The quantitative estimate of drug-likeness (QED) is 0.488. The van der Waals surface area contributed by atoms with Crippen LogP contribution in [-0.4, -0.2) is 24.1 Å². The Bertz CT molecular complexity index is 462. The topological polar surface area (TPSA) is 64.4 Å². The largest absolute Gasteiger partial charge is 0.377 e. The number of halogens is 1. The van der Waals surface area contributed by atoms with Gasteiger partial charge < -0.3 is 10.1 Å². The lowest BCUT2D eigenvalue weighted by molar-refractivity contribution is -0.385. The van der Waals surface area contributed by atoms with Crippen LogP contribution in [-0.2, 0) is 11.3 Å². The molecule has 1 aromatic carbocycles. The molecule has 0 radical (unpaired) electrons. The zero-order valence-corrected chi connectivity index (χ0v) is 12.9. The van der Waals surface area contributed by atoms with Crippen LogP contribution in [0.4, 0.5) is 5.69 Å². The minimum atomic E-state index is -0.389. The van der Waals surface area contributed by atoms with Gasteiger partial charge in [0.15, 0.2) is 0 Å². The van der Waals surface area contributed by atoms with Crippen molar-refractivity contribution in [2.75, 3.05) is 13.2 Å². The summed E-state index contributed by atoms with van der Waals surface area (Å²) in [5.41, 5.74) is 0.899. The number of rotatable bonds is 6. The molecule has 1 aliphatic rings. The molecule has 0 spiro atoms. The van der Waals surface area contributed by atoms with Crippen molar-refractivity contribution < 1.29 is 9.66 Å². The van der Waals surface area contributed by atoms with Gasteiger partial charge in [-0.15, -0.1) is 0 Å². The van der Waals surface area contributed by atoms with Crippen molar-refractivity contribution in [3.63, 3.8) is 0 Å². The molecule has 5 nitrogen and oxygen atoms in total. The van der Waals surface area contributed by atoms with E-state index in [-0.39, 0.29) is 10.6 Å². The number of benzene rings is 1. The molecule has 20 heavy (non-hydrogen) atoms. The molecular weight excluding hydrogens is 324 g/mol. The molecule has 1 unspecified atom stereocenters. The maximum absolute atomic E-state index is 10.8. The van der Waals surface area contributed by atoms with E-state index in [1.165, 1.54) is 25.3 Å². The summed E-state index contributed by atoms with van der Waals surface area (Å²) in [6.07, 6.45) is 4.75. The lowest BCUT2D eigenvalue weighted by Gasteiger charge is -2.23. The summed E-state index contributed by atoms with van der Waals surface area (Å²) in [4.78, 5) is 10.4. The number of piperidine rings is 1. The molecule has 110 valence electrons. The van der Waals surface area contributed by atoms with E-state index >= 15 is 0 Å². The normalized spacial score (nSPS) is 18.9. The number of hydrogen-bond donors (Lipinski definition) is 1. The molecule has 1 aliphatic heterocycles. The minimum absolute atomic E-state index is 0.0834. The fourth-order valence-corrected chi connectivity index (χ4v) is 2.92. The molecule has 0 saturated carbocycles. The first-order chi connectivity index (χ1) is 9.68. The zero-order valence-electron chi connectivity index (χ0n) is 11.3. The summed E-state index contributed by atoms with van der Waals surface area (Å²) in [5.74, 6) is 0. The standard InChI is InChI=1S/C14H19BrN2O3/c15-14-11(4-3-6-13(14)17(18)19)10-20-9-7-12-5-1-2-8-16-12/h3-4,6,12,16H,1-2,5,7-10H2. The third-order valence-corrected chi connectivity index (χ3v) is 4.45. The van der Waals surface area contributed by atoms with Crippen LogP contribution in [0.1, 0.15) is 31.2 Å². The zero-order chi connectivity index (χ0) is 14.4. The van der Waals surface area contributed by atoms with Gasteiger partial charge in [-0.05, 0) is 47.3 Å². The third kappa shape index (κ3) is 4.26. The molecule has 1 atom stereocenters. The average molecular weight is 343 g/mol. The Morgan fingerprint density at radius 2 is 2.30 bits per heavy atom. The second-order valence-corrected chi connectivity index (χ2v) is 5.79. The molecule has 1 saturated heterocycles. The first-order valence-corrected chi connectivity index (χ1v) is 7.70. The summed E-state index contributed by atoms with van der Waals surface area (Å²) < 4.78 is 6.16. The van der Waals surface area contributed by atoms with E-state index in [0.717, 1.165) is 18.5 Å². The van der Waals surface area contributed by atoms with Gasteiger partial charge in [-0.3, -0.25) is 10.1 Å². The van der Waals surface area contributed by atoms with Gasteiger partial charge in [-0.2, -0.15) is 0 Å². The summed E-state index contributed by atoms with van der Waals surface area (Å²) in [5, 5.41) is 14.3. The van der Waals surface area contributed by atoms with E-state index in [1.54, 1.807) is 6.07 Å². The fraction of sp³-hybridized carbons (Fsp3) is 0.571. The van der Waals surface area contributed by atoms with Gasteiger partial charge in [-0.25, -0.2) is 0 Å². The summed E-state index contributed by atoms with van der Waals surface area (Å²) in [6.45, 7) is 2.17. The monoisotopic (exact) mass is 342 g/mol. The minimum Gasteiger partial charge on any atom is -0.377 e. The van der Waals surface area contributed by atoms with E-state index in [2.05, 4.69) is 21.2 Å². The highest BCUT2D eigenvalue weighted by Crippen LogP contribution is 2.28. The number of ether oxygens (including phenoxy) is 1. The number of nitro groups is 1. The molecule has 1 aromatic rings. The molecule has 2 rings (SSSR count). The molecule has 1 N–H and O–H groups in total. The van der Waals surface area contributed by atoms with Gasteiger partial charge >= 0.3 is 0 Å². The van der Waals surface area contributed by atoms with Crippen molar-refractivity contribution in [1.29, 1.82) is 0 Å². The van der Waals surface area contributed by atoms with Crippen LogP contribution in [0.3, 0.4) is 0 Å². The first kappa shape index (κ1) is 15.4. The number of nitrogens with zero attached hydrogens (tertiary/aromatic N) is 1. The van der Waals surface area contributed by atoms with Crippen molar-refractivity contribution in [2.24, 2.45) is 0 Å². The van der Waals surface area contributed by atoms with Crippen molar-refractivity contribution in [3.05, 3.63) is 38.3 Å². The maximum atomic E-state index is 10.8. The van der Waals surface area contributed by atoms with E-state index in [0.29, 0.717) is 23.7 Å². The van der Waals surface area contributed by atoms with Crippen LogP contribution in [0.2, 0.25) is 0 Å². The second-order valence-electron chi connectivity index (χ2n) is 5.00. The lowest BCUT2D eigenvalue weighted by Crippen LogP contribution is -2.34. The number of nitrogens with one attached hydrogen (secondary N) is 1. The summed E-state index contributed by atoms with van der Waals surface area (Å²) in [6, 6.07) is 5.57. The van der Waals surface area contributed by atoms with Crippen molar-refractivity contribution >= 4 is 21.6 Å². The molecule has 1 heterocycles. The molecule has 0 amide bonds. The van der Waals surface area contributed by atoms with E-state index < -0.39 is 0 Å². The van der Waals surface area contributed by atoms with Crippen molar-refractivity contribution in [1.82, 2.24) is 5.32 Å². The van der Waals surface area contributed by atoms with Crippen LogP contribution < -0.4 is 5.32 Å². The van der Waals surface area contributed by atoms with Crippen molar-refractivity contribution in [2.45, 2.75) is 38.3 Å². The molecule has 0 aromatic heterocycles. The van der Waals surface area contributed by atoms with Crippen LogP contribution in [0, 0.1) is 10.1 Å². The third-order valence-electron chi connectivity index (χ3n) is 3.54. The second kappa shape index (κ2) is 7.71. The first-order valence-electron chi connectivity index (χ1n) is 6.91. The average Bonchev–Trinajstić information content (AvgIpc) is 2.46. The smallest absolute Gasteiger partial charge is 0.283 e.